The smallest absolute Gasteiger partial charge is 0.243 e. The van der Waals surface area contributed by atoms with Crippen LogP contribution in [-0.4, -0.2) is 47.0 Å². The molecule has 9 heteroatoms. The van der Waals surface area contributed by atoms with E-state index >= 15 is 0 Å². The molecule has 1 aromatic carbocycles. The summed E-state index contributed by atoms with van der Waals surface area (Å²) in [5, 5.41) is 9.02. The van der Waals surface area contributed by atoms with Crippen LogP contribution in [0.25, 0.3) is 0 Å². The Labute approximate surface area is 127 Å². The Hall–Kier alpha value is -0.770. The summed E-state index contributed by atoms with van der Waals surface area (Å²) in [6.45, 7) is -0.564. The van der Waals surface area contributed by atoms with Gasteiger partial charge in [-0.2, -0.15) is 0 Å². The van der Waals surface area contributed by atoms with Crippen molar-refractivity contribution in [2.75, 3.05) is 27.4 Å². The lowest BCUT2D eigenvalue weighted by molar-refractivity contribution is 0.0320. The van der Waals surface area contributed by atoms with Crippen LogP contribution in [0.5, 0.6) is 0 Å². The van der Waals surface area contributed by atoms with E-state index in [1.807, 2.05) is 0 Å². The molecule has 0 spiro atoms. The predicted octanol–water partition coefficient (Wildman–Crippen LogP) is 0.911. The van der Waals surface area contributed by atoms with Crippen LogP contribution >= 0.6 is 11.6 Å². The van der Waals surface area contributed by atoms with E-state index in [1.165, 1.54) is 20.3 Å². The fourth-order valence-corrected chi connectivity index (χ4v) is 3.12. The minimum absolute atomic E-state index is 0.0148. The van der Waals surface area contributed by atoms with Crippen LogP contribution in [0.1, 0.15) is 5.56 Å². The average Bonchev–Trinajstić information content (AvgIpc) is 2.45. The number of methoxy groups -OCH3 is 2. The molecule has 6 nitrogen and oxygen atoms in total. The third-order valence-corrected chi connectivity index (χ3v) is 4.37. The number of halogens is 2. The number of nitrogens with one attached hydrogen (secondary N) is 1. The topological polar surface area (TPSA) is 84.9 Å². The Bertz CT molecular complexity index is 581. The van der Waals surface area contributed by atoms with Crippen molar-refractivity contribution in [3.8, 4) is 0 Å². The number of ether oxygens (including phenoxy) is 2. The van der Waals surface area contributed by atoms with Gasteiger partial charge in [0, 0.05) is 31.4 Å². The number of sulfonamides is 1. The van der Waals surface area contributed by atoms with E-state index < -0.39 is 33.4 Å². The number of hydrogen-bond acceptors (Lipinski definition) is 5. The molecule has 21 heavy (non-hydrogen) atoms. The molecule has 1 atom stereocenters. The van der Waals surface area contributed by atoms with E-state index in [-0.39, 0.29) is 23.7 Å². The average molecular weight is 342 g/mol. The third-order valence-electron chi connectivity index (χ3n) is 2.73. The van der Waals surface area contributed by atoms with Crippen molar-refractivity contribution in [1.29, 1.82) is 0 Å². The molecule has 0 aliphatic heterocycles. The monoisotopic (exact) mass is 341 g/mol. The standard InChI is InChI=1S/C12H17ClFNO5S/c1-19-7-10(20-2)5-15-21(17,18)11-4-9(13)3-8(6-16)12(11)14/h3-4,10,15-16H,5-7H2,1-2H3. The molecule has 1 aromatic rings. The van der Waals surface area contributed by atoms with Crippen LogP contribution in [0.3, 0.4) is 0 Å². The van der Waals surface area contributed by atoms with E-state index in [0.29, 0.717) is 0 Å². The molecular weight excluding hydrogens is 325 g/mol. The quantitative estimate of drug-likeness (QED) is 0.734. The molecule has 0 saturated heterocycles. The van der Waals surface area contributed by atoms with Crippen molar-refractivity contribution in [2.45, 2.75) is 17.6 Å². The second-order valence-corrected chi connectivity index (χ2v) is 6.37. The number of benzene rings is 1. The molecule has 2 N–H and O–H groups in total. The second-order valence-electron chi connectivity index (χ2n) is 4.20. The van der Waals surface area contributed by atoms with Crippen LogP contribution in [0.15, 0.2) is 17.0 Å². The van der Waals surface area contributed by atoms with Gasteiger partial charge in [0.2, 0.25) is 10.0 Å². The molecule has 0 aliphatic carbocycles. The number of rotatable bonds is 8. The number of aliphatic hydroxyl groups excluding tert-OH is 1. The molecule has 0 amide bonds. The van der Waals surface area contributed by atoms with Gasteiger partial charge in [-0.15, -0.1) is 0 Å². The summed E-state index contributed by atoms with van der Waals surface area (Å²) in [5.74, 6) is -1.03. The molecule has 0 bridgehead atoms. The Morgan fingerprint density at radius 3 is 2.62 bits per heavy atom. The van der Waals surface area contributed by atoms with Gasteiger partial charge < -0.3 is 14.6 Å². The lowest BCUT2D eigenvalue weighted by Gasteiger charge is -2.16. The van der Waals surface area contributed by atoms with Crippen molar-refractivity contribution < 1.29 is 27.4 Å². The molecule has 120 valence electrons. The highest BCUT2D eigenvalue weighted by Crippen LogP contribution is 2.23. The zero-order valence-corrected chi connectivity index (χ0v) is 13.2. The predicted molar refractivity (Wildman–Crippen MR) is 75.2 cm³/mol. The summed E-state index contributed by atoms with van der Waals surface area (Å²) >= 11 is 5.73. The molecular formula is C12H17ClFNO5S. The normalized spacial score (nSPS) is 13.4. The van der Waals surface area contributed by atoms with Crippen LogP contribution in [0.2, 0.25) is 5.02 Å². The van der Waals surface area contributed by atoms with E-state index in [4.69, 9.17) is 26.2 Å². The summed E-state index contributed by atoms with van der Waals surface area (Å²) in [7, 11) is -1.27. The van der Waals surface area contributed by atoms with Crippen molar-refractivity contribution >= 4 is 21.6 Å². The van der Waals surface area contributed by atoms with Gasteiger partial charge in [-0.1, -0.05) is 11.6 Å². The Balaban J connectivity index is 3.00. The maximum Gasteiger partial charge on any atom is 0.243 e. The number of aliphatic hydroxyl groups is 1. The van der Waals surface area contributed by atoms with Gasteiger partial charge in [-0.25, -0.2) is 17.5 Å². The zero-order chi connectivity index (χ0) is 16.0. The van der Waals surface area contributed by atoms with Crippen molar-refractivity contribution in [3.05, 3.63) is 28.5 Å². The van der Waals surface area contributed by atoms with E-state index in [9.17, 15) is 12.8 Å². The zero-order valence-electron chi connectivity index (χ0n) is 11.6. The van der Waals surface area contributed by atoms with Gasteiger partial charge in [0.25, 0.3) is 0 Å². The molecule has 0 radical (unpaired) electrons. The molecule has 1 unspecified atom stereocenters. The first-order valence-corrected chi connectivity index (χ1v) is 7.82. The van der Waals surface area contributed by atoms with Crippen LogP contribution in [0, 0.1) is 5.82 Å². The molecule has 0 fully saturated rings. The largest absolute Gasteiger partial charge is 0.392 e. The fraction of sp³-hybridized carbons (Fsp3) is 0.500. The first kappa shape index (κ1) is 18.3. The molecule has 0 aliphatic rings. The van der Waals surface area contributed by atoms with Gasteiger partial charge in [0.1, 0.15) is 10.7 Å². The fourth-order valence-electron chi connectivity index (χ4n) is 1.61. The molecule has 0 heterocycles. The summed E-state index contributed by atoms with van der Waals surface area (Å²) in [6, 6.07) is 2.15. The Kier molecular flexibility index (Phi) is 6.98. The number of hydrogen-bond donors (Lipinski definition) is 2. The second kappa shape index (κ2) is 8.02. The van der Waals surface area contributed by atoms with Gasteiger partial charge in [0.15, 0.2) is 0 Å². The Morgan fingerprint density at radius 1 is 1.43 bits per heavy atom. The third kappa shape index (κ3) is 4.87. The van der Waals surface area contributed by atoms with E-state index in [1.54, 1.807) is 0 Å². The molecule has 0 aromatic heterocycles. The van der Waals surface area contributed by atoms with Crippen LogP contribution in [-0.2, 0) is 26.1 Å². The Morgan fingerprint density at radius 2 is 2.10 bits per heavy atom. The van der Waals surface area contributed by atoms with Gasteiger partial charge in [-0.05, 0) is 12.1 Å². The van der Waals surface area contributed by atoms with Crippen molar-refractivity contribution in [2.24, 2.45) is 0 Å². The first-order chi connectivity index (χ1) is 9.85. The maximum absolute atomic E-state index is 14.0. The molecule has 1 rings (SSSR count). The van der Waals surface area contributed by atoms with Crippen molar-refractivity contribution in [1.82, 2.24) is 4.72 Å². The summed E-state index contributed by atoms with van der Waals surface area (Å²) < 4.78 is 50.3. The lowest BCUT2D eigenvalue weighted by atomic mass is 10.2. The van der Waals surface area contributed by atoms with E-state index in [0.717, 1.165) is 6.07 Å². The lowest BCUT2D eigenvalue weighted by Crippen LogP contribution is -2.36. The summed E-state index contributed by atoms with van der Waals surface area (Å²) in [5.41, 5.74) is -0.192. The van der Waals surface area contributed by atoms with Gasteiger partial charge in [0.05, 0.1) is 19.3 Å². The first-order valence-electron chi connectivity index (χ1n) is 5.95. The summed E-state index contributed by atoms with van der Waals surface area (Å²) in [4.78, 5) is -0.619. The SMILES string of the molecule is COCC(CNS(=O)(=O)c1cc(Cl)cc(CO)c1F)OC. The van der Waals surface area contributed by atoms with Crippen LogP contribution in [0.4, 0.5) is 4.39 Å². The molecule has 0 saturated carbocycles. The highest BCUT2D eigenvalue weighted by atomic mass is 35.5. The minimum Gasteiger partial charge on any atom is -0.392 e. The minimum atomic E-state index is -4.13. The van der Waals surface area contributed by atoms with Gasteiger partial charge in [-0.3, -0.25) is 0 Å². The summed E-state index contributed by atoms with van der Waals surface area (Å²) in [6.07, 6.45) is -0.510. The maximum atomic E-state index is 14.0. The van der Waals surface area contributed by atoms with E-state index in [2.05, 4.69) is 4.72 Å². The highest BCUT2D eigenvalue weighted by molar-refractivity contribution is 7.89. The van der Waals surface area contributed by atoms with Gasteiger partial charge >= 0.3 is 0 Å². The van der Waals surface area contributed by atoms with Crippen molar-refractivity contribution in [3.63, 3.8) is 0 Å². The highest BCUT2D eigenvalue weighted by Gasteiger charge is 2.23. The van der Waals surface area contributed by atoms with Crippen LogP contribution < -0.4 is 4.72 Å².